The van der Waals surface area contributed by atoms with Gasteiger partial charge in [-0.3, -0.25) is 4.79 Å². The van der Waals surface area contributed by atoms with Gasteiger partial charge in [-0.2, -0.15) is 0 Å². The van der Waals surface area contributed by atoms with Crippen LogP contribution in [0.3, 0.4) is 0 Å². The molecule has 0 unspecified atom stereocenters. The minimum atomic E-state index is -0.469. The van der Waals surface area contributed by atoms with Crippen molar-refractivity contribution in [2.45, 2.75) is 44.9 Å². The molecule has 0 N–H and O–H groups in total. The van der Waals surface area contributed by atoms with E-state index in [1.807, 2.05) is 6.08 Å². The molecule has 0 bridgehead atoms. The summed E-state index contributed by atoms with van der Waals surface area (Å²) in [4.78, 5) is 12.2. The molecule has 0 amide bonds. The topological polar surface area (TPSA) is 17.1 Å². The van der Waals surface area contributed by atoms with Crippen LogP contribution in [0.5, 0.6) is 0 Å². The van der Waals surface area contributed by atoms with Crippen LogP contribution in [-0.2, 0) is 11.2 Å². The van der Waals surface area contributed by atoms with Gasteiger partial charge in [0.1, 0.15) is 5.82 Å². The van der Waals surface area contributed by atoms with Gasteiger partial charge in [-0.05, 0) is 42.9 Å². The minimum absolute atomic E-state index is 0.0306. The van der Waals surface area contributed by atoms with E-state index in [-0.39, 0.29) is 17.2 Å². The number of hydrogen-bond acceptors (Lipinski definition) is 1. The lowest BCUT2D eigenvalue weighted by Gasteiger charge is -2.11. The van der Waals surface area contributed by atoms with Gasteiger partial charge >= 0.3 is 0 Å². The Morgan fingerprint density at radius 2 is 2.00 bits per heavy atom. The maximum absolute atomic E-state index is 13.8. The fourth-order valence-corrected chi connectivity index (χ4v) is 2.61. The summed E-state index contributed by atoms with van der Waals surface area (Å²) in [5.41, 5.74) is 1.25. The van der Waals surface area contributed by atoms with Crippen molar-refractivity contribution in [1.82, 2.24) is 0 Å². The number of hydrogen-bond donors (Lipinski definition) is 0. The number of benzene rings is 1. The first-order chi connectivity index (χ1) is 9.18. The van der Waals surface area contributed by atoms with E-state index < -0.39 is 5.82 Å². The van der Waals surface area contributed by atoms with E-state index in [4.69, 9.17) is 11.6 Å². The van der Waals surface area contributed by atoms with Gasteiger partial charge in [-0.25, -0.2) is 4.39 Å². The summed E-state index contributed by atoms with van der Waals surface area (Å²) in [6.07, 6.45) is 8.53. The van der Waals surface area contributed by atoms with E-state index in [1.54, 1.807) is 12.1 Å². The fraction of sp³-hybridized carbons (Fsp3) is 0.438. The number of carbonyl (C=O) groups excluding carboxylic acids is 1. The van der Waals surface area contributed by atoms with Gasteiger partial charge in [0.25, 0.3) is 0 Å². The van der Waals surface area contributed by atoms with Gasteiger partial charge in [-0.1, -0.05) is 42.7 Å². The lowest BCUT2D eigenvalue weighted by molar-refractivity contribution is -0.115. The standard InChI is InChI=1S/C16H18ClFO/c17-14-10-6-9-13(16(14)18)11-15(19)12-7-4-2-1-3-5-8-12/h6-7,9-10H,1-5,8,11H2/b12-7+. The third-order valence-corrected chi connectivity index (χ3v) is 3.82. The lowest BCUT2D eigenvalue weighted by atomic mass is 9.94. The van der Waals surface area contributed by atoms with Gasteiger partial charge in [0.2, 0.25) is 0 Å². The Balaban J connectivity index is 2.09. The SMILES string of the molecule is O=C(Cc1cccc(Cl)c1F)/C1=C/CCCCCC1. The summed E-state index contributed by atoms with van der Waals surface area (Å²) < 4.78 is 13.8. The summed E-state index contributed by atoms with van der Waals surface area (Å²) >= 11 is 5.73. The zero-order chi connectivity index (χ0) is 13.7. The van der Waals surface area contributed by atoms with Crippen LogP contribution >= 0.6 is 11.6 Å². The zero-order valence-electron chi connectivity index (χ0n) is 10.9. The number of carbonyl (C=O) groups is 1. The summed E-state index contributed by atoms with van der Waals surface area (Å²) in [6, 6.07) is 4.81. The molecule has 102 valence electrons. The largest absolute Gasteiger partial charge is 0.294 e. The molecule has 0 aliphatic heterocycles. The van der Waals surface area contributed by atoms with Crippen LogP contribution in [0.4, 0.5) is 4.39 Å². The summed E-state index contributed by atoms with van der Waals surface area (Å²) in [5, 5.41) is 0.0805. The number of ketones is 1. The normalized spacial score (nSPS) is 19.2. The van der Waals surface area contributed by atoms with Gasteiger partial charge in [-0.15, -0.1) is 0 Å². The van der Waals surface area contributed by atoms with Crippen LogP contribution in [0.2, 0.25) is 5.02 Å². The highest BCUT2D eigenvalue weighted by Crippen LogP contribution is 2.22. The Morgan fingerprint density at radius 1 is 1.21 bits per heavy atom. The molecule has 0 radical (unpaired) electrons. The van der Waals surface area contributed by atoms with Crippen molar-refractivity contribution in [2.75, 3.05) is 0 Å². The summed E-state index contributed by atoms with van der Waals surface area (Å²) in [6.45, 7) is 0. The molecular formula is C16H18ClFO. The Morgan fingerprint density at radius 3 is 2.84 bits per heavy atom. The third kappa shape index (κ3) is 3.90. The molecule has 19 heavy (non-hydrogen) atoms. The Kier molecular flexibility index (Phi) is 5.15. The van der Waals surface area contributed by atoms with Crippen LogP contribution in [0, 0.1) is 5.82 Å². The molecule has 1 aromatic rings. The van der Waals surface area contributed by atoms with E-state index in [9.17, 15) is 9.18 Å². The molecule has 1 aliphatic rings. The van der Waals surface area contributed by atoms with Crippen LogP contribution < -0.4 is 0 Å². The quantitative estimate of drug-likeness (QED) is 0.772. The average Bonchev–Trinajstić information content (AvgIpc) is 2.34. The summed E-state index contributed by atoms with van der Waals surface area (Å²) in [5.74, 6) is -0.438. The second kappa shape index (κ2) is 6.85. The molecule has 1 aliphatic carbocycles. The second-order valence-corrected chi connectivity index (χ2v) is 5.40. The Bertz CT molecular complexity index is 494. The Hall–Kier alpha value is -1.15. The molecule has 0 saturated heterocycles. The van der Waals surface area contributed by atoms with Gasteiger partial charge in [0.05, 0.1) is 5.02 Å². The van der Waals surface area contributed by atoms with Crippen molar-refractivity contribution in [3.8, 4) is 0 Å². The van der Waals surface area contributed by atoms with Crippen molar-refractivity contribution in [2.24, 2.45) is 0 Å². The maximum Gasteiger partial charge on any atom is 0.163 e. The Labute approximate surface area is 118 Å². The van der Waals surface area contributed by atoms with Crippen molar-refractivity contribution >= 4 is 17.4 Å². The van der Waals surface area contributed by atoms with Crippen molar-refractivity contribution in [3.05, 3.63) is 46.3 Å². The zero-order valence-corrected chi connectivity index (χ0v) is 11.7. The fourth-order valence-electron chi connectivity index (χ4n) is 2.42. The molecule has 1 aromatic carbocycles. The first-order valence-corrected chi connectivity index (χ1v) is 7.21. The smallest absolute Gasteiger partial charge is 0.163 e. The molecule has 2 rings (SSSR count). The van der Waals surface area contributed by atoms with Crippen molar-refractivity contribution < 1.29 is 9.18 Å². The van der Waals surface area contributed by atoms with Gasteiger partial charge < -0.3 is 0 Å². The lowest BCUT2D eigenvalue weighted by Crippen LogP contribution is -2.09. The molecule has 0 fully saturated rings. The molecule has 1 nitrogen and oxygen atoms in total. The summed E-state index contributed by atoms with van der Waals surface area (Å²) in [7, 11) is 0. The molecule has 0 spiro atoms. The highest BCUT2D eigenvalue weighted by atomic mass is 35.5. The number of allylic oxidation sites excluding steroid dienone is 2. The van der Waals surface area contributed by atoms with Crippen molar-refractivity contribution in [3.63, 3.8) is 0 Å². The van der Waals surface area contributed by atoms with Crippen LogP contribution in [-0.4, -0.2) is 5.78 Å². The third-order valence-electron chi connectivity index (χ3n) is 3.53. The molecule has 0 saturated carbocycles. The molecule has 0 heterocycles. The van der Waals surface area contributed by atoms with Crippen LogP contribution in [0.1, 0.15) is 44.1 Å². The number of halogens is 2. The monoisotopic (exact) mass is 280 g/mol. The molecular weight excluding hydrogens is 263 g/mol. The van der Waals surface area contributed by atoms with E-state index in [0.717, 1.165) is 31.3 Å². The van der Waals surface area contributed by atoms with E-state index in [1.165, 1.54) is 18.9 Å². The second-order valence-electron chi connectivity index (χ2n) is 5.00. The van der Waals surface area contributed by atoms with Gasteiger partial charge in [0.15, 0.2) is 5.78 Å². The molecule has 0 aromatic heterocycles. The first-order valence-electron chi connectivity index (χ1n) is 6.83. The van der Waals surface area contributed by atoms with Crippen LogP contribution in [0.15, 0.2) is 29.8 Å². The number of Topliss-reactive ketones (excluding diaryl/α,β-unsaturated/α-hetero) is 1. The molecule has 3 heteroatoms. The number of rotatable bonds is 3. The van der Waals surface area contributed by atoms with Crippen molar-refractivity contribution in [1.29, 1.82) is 0 Å². The average molecular weight is 281 g/mol. The van der Waals surface area contributed by atoms with Gasteiger partial charge in [0, 0.05) is 6.42 Å². The van der Waals surface area contributed by atoms with E-state index in [2.05, 4.69) is 0 Å². The minimum Gasteiger partial charge on any atom is -0.294 e. The highest BCUT2D eigenvalue weighted by Gasteiger charge is 2.15. The van der Waals surface area contributed by atoms with E-state index in [0.29, 0.717) is 5.56 Å². The predicted octanol–water partition coefficient (Wildman–Crippen LogP) is 4.87. The maximum atomic E-state index is 13.8. The predicted molar refractivity (Wildman–Crippen MR) is 75.9 cm³/mol. The van der Waals surface area contributed by atoms with E-state index >= 15 is 0 Å². The molecule has 0 atom stereocenters. The van der Waals surface area contributed by atoms with Crippen LogP contribution in [0.25, 0.3) is 0 Å². The highest BCUT2D eigenvalue weighted by molar-refractivity contribution is 6.30. The first kappa shape index (κ1) is 14.3.